The quantitative estimate of drug-likeness (QED) is 0.0316. The number of nitrogens with one attached hydrogen (secondary N) is 1. The number of oxime groups is 1. The molecule has 1 saturated carbocycles. The molecular formula is C53H76N4O12. The minimum Gasteiger partial charge on any atom is -0.459 e. The minimum atomic E-state index is -1.55. The van der Waals surface area contributed by atoms with Crippen molar-refractivity contribution in [2.24, 2.45) is 22.9 Å². The van der Waals surface area contributed by atoms with Crippen LogP contribution < -0.4 is 19.5 Å². The average molecular weight is 961 g/mol. The standard InChI is InChI=1S/C53H76N4O12/c1-4-6-7-8-9-10-11-12-13-17-30-54-51(60)66-41-28-29-46-44(36-41)49-42(22-15-19-32-59)38(21-14-18-31-58)35-43-45(55-69-48-23-16-20-34-64-48)37-47(53(68-46,50(43)49)65-33-5-2)56(3)52(61)67-40-26-24-39(25-27-40)57(62)63/h5,24-29,35-36,38,42,47-50,58-59H,2,4,6-23,30-34,37H2,1,3H3,(H,54,60)/t38-,42+,47-,48?,49+,50+,53+/m0/s1. The van der Waals surface area contributed by atoms with Crippen LogP contribution in [0.3, 0.4) is 0 Å². The molecule has 2 aliphatic heterocycles. The van der Waals surface area contributed by atoms with Crippen LogP contribution in [0.5, 0.6) is 17.2 Å². The van der Waals surface area contributed by atoms with E-state index in [4.69, 9.17) is 33.7 Å². The van der Waals surface area contributed by atoms with Crippen LogP contribution in [-0.4, -0.2) is 96.1 Å². The van der Waals surface area contributed by atoms with E-state index >= 15 is 0 Å². The number of allylic oxidation sites excluding steroid dienone is 1. The van der Waals surface area contributed by atoms with E-state index in [1.165, 1.54) is 74.1 Å². The van der Waals surface area contributed by atoms with Gasteiger partial charge >= 0.3 is 12.2 Å². The highest BCUT2D eigenvalue weighted by atomic mass is 16.8. The number of carbonyl (C=O) groups excluding carboxylic acids is 2. The number of benzene rings is 2. The van der Waals surface area contributed by atoms with Crippen molar-refractivity contribution in [1.29, 1.82) is 0 Å². The maximum atomic E-state index is 14.3. The summed E-state index contributed by atoms with van der Waals surface area (Å²) in [5.41, 5.74) is 2.08. The lowest BCUT2D eigenvalue weighted by atomic mass is 9.55. The van der Waals surface area contributed by atoms with Gasteiger partial charge in [0.15, 0.2) is 0 Å². The second-order valence-electron chi connectivity index (χ2n) is 18.9. The molecule has 69 heavy (non-hydrogen) atoms. The van der Waals surface area contributed by atoms with Crippen molar-refractivity contribution in [2.75, 3.05) is 40.0 Å². The number of hydrogen-bond acceptors (Lipinski definition) is 13. The number of fused-ring (bicyclic) bond motifs is 2. The number of nitrogens with zero attached hydrogens (tertiary/aromatic N) is 3. The Hall–Kier alpha value is -5.03. The summed E-state index contributed by atoms with van der Waals surface area (Å²) in [7, 11) is 1.60. The van der Waals surface area contributed by atoms with E-state index in [9.17, 15) is 29.9 Å². The van der Waals surface area contributed by atoms with E-state index in [0.29, 0.717) is 49.6 Å². The van der Waals surface area contributed by atoms with Gasteiger partial charge in [0.1, 0.15) is 23.3 Å². The molecule has 4 aliphatic rings. The number of ether oxygens (including phenoxy) is 5. The molecule has 0 spiro atoms. The topological polar surface area (TPSA) is 201 Å². The summed E-state index contributed by atoms with van der Waals surface area (Å²) in [6, 6.07) is 9.77. The molecule has 2 aromatic rings. The number of carbonyl (C=O) groups is 2. The molecule has 7 atom stereocenters. The number of unbranched alkanes of at least 4 members (excludes halogenated alkanes) is 11. The lowest BCUT2D eigenvalue weighted by Gasteiger charge is -2.59. The fraction of sp³-hybridized carbons (Fsp3) is 0.642. The van der Waals surface area contributed by atoms with Crippen molar-refractivity contribution < 1.29 is 53.2 Å². The first-order valence-electron chi connectivity index (χ1n) is 25.6. The van der Waals surface area contributed by atoms with Crippen LogP contribution in [0.15, 0.2) is 71.9 Å². The van der Waals surface area contributed by atoms with E-state index in [1.54, 1.807) is 25.3 Å². The Morgan fingerprint density at radius 3 is 2.29 bits per heavy atom. The monoisotopic (exact) mass is 961 g/mol. The van der Waals surface area contributed by atoms with Gasteiger partial charge in [-0.25, -0.2) is 9.59 Å². The number of nitro groups is 1. The largest absolute Gasteiger partial charge is 0.459 e. The number of hydrogen-bond donors (Lipinski definition) is 3. The van der Waals surface area contributed by atoms with Gasteiger partial charge in [0, 0.05) is 63.3 Å². The summed E-state index contributed by atoms with van der Waals surface area (Å²) in [4.78, 5) is 46.2. The number of likely N-dealkylation sites (N-methyl/N-ethyl adjacent to an activating group) is 1. The van der Waals surface area contributed by atoms with Crippen molar-refractivity contribution >= 4 is 23.6 Å². The number of nitro benzene ring substituents is 1. The van der Waals surface area contributed by atoms with E-state index in [-0.39, 0.29) is 55.4 Å². The Morgan fingerprint density at radius 2 is 1.62 bits per heavy atom. The van der Waals surface area contributed by atoms with E-state index in [1.807, 2.05) is 6.07 Å². The number of rotatable bonds is 28. The molecule has 2 aliphatic carbocycles. The smallest absolute Gasteiger partial charge is 0.415 e. The van der Waals surface area contributed by atoms with Crippen LogP contribution in [0.4, 0.5) is 15.3 Å². The van der Waals surface area contributed by atoms with E-state index < -0.39 is 41.1 Å². The third-order valence-electron chi connectivity index (χ3n) is 14.1. The zero-order valence-electron chi connectivity index (χ0n) is 40.9. The zero-order valence-corrected chi connectivity index (χ0v) is 40.9. The molecule has 2 heterocycles. The third-order valence-corrected chi connectivity index (χ3v) is 14.1. The Morgan fingerprint density at radius 1 is 0.928 bits per heavy atom. The SMILES string of the molecule is C=CCO[C@@]12Oc3ccc(OC(=O)NCCCCCCCCCCCC)cc3[C@H]3[C@H](CCCCO)[C@@H](CCCCO)C=C(C(=NOC4CCCCO4)C[C@@H]1N(C)C(=O)Oc1ccc([N+](=O)[O-])cc1)[C@H]32. The minimum absolute atomic E-state index is 0.0130. The van der Waals surface area contributed by atoms with Crippen molar-refractivity contribution in [3.63, 3.8) is 0 Å². The highest BCUT2D eigenvalue weighted by Crippen LogP contribution is 2.62. The molecule has 0 radical (unpaired) electrons. The normalized spacial score (nSPS) is 24.2. The molecule has 3 N–H and O–H groups in total. The third kappa shape index (κ3) is 14.3. The Kier molecular flexibility index (Phi) is 21.2. The van der Waals surface area contributed by atoms with Gasteiger partial charge in [-0.05, 0) is 92.7 Å². The molecule has 6 rings (SSSR count). The fourth-order valence-corrected chi connectivity index (χ4v) is 10.6. The van der Waals surface area contributed by atoms with Crippen molar-refractivity contribution in [3.8, 4) is 17.2 Å². The van der Waals surface area contributed by atoms with Gasteiger partial charge in [-0.3, -0.25) is 10.1 Å². The predicted octanol–water partition coefficient (Wildman–Crippen LogP) is 10.9. The van der Waals surface area contributed by atoms with Crippen molar-refractivity contribution in [3.05, 3.63) is 82.4 Å². The maximum Gasteiger partial charge on any atom is 0.415 e. The molecule has 16 heteroatoms. The van der Waals surface area contributed by atoms with Crippen LogP contribution in [0, 0.1) is 27.9 Å². The highest BCUT2D eigenvalue weighted by molar-refractivity contribution is 6.03. The molecule has 16 nitrogen and oxygen atoms in total. The van der Waals surface area contributed by atoms with Gasteiger partial charge in [0.05, 0.1) is 29.8 Å². The van der Waals surface area contributed by atoms with E-state index in [0.717, 1.165) is 68.9 Å². The number of amides is 2. The second kappa shape index (κ2) is 27.4. The Bertz CT molecular complexity index is 2020. The maximum absolute atomic E-state index is 14.3. The van der Waals surface area contributed by atoms with Crippen LogP contribution in [0.2, 0.25) is 0 Å². The predicted molar refractivity (Wildman–Crippen MR) is 262 cm³/mol. The van der Waals surface area contributed by atoms with Gasteiger partial charge in [0.2, 0.25) is 12.1 Å². The number of aliphatic hydroxyl groups excluding tert-OH is 2. The number of non-ortho nitro benzene ring substituents is 1. The van der Waals surface area contributed by atoms with Crippen molar-refractivity contribution in [1.82, 2.24) is 10.2 Å². The first-order chi connectivity index (χ1) is 33.6. The average Bonchev–Trinajstić information content (AvgIpc) is 3.35. The molecule has 2 fully saturated rings. The Labute approximate surface area is 407 Å². The summed E-state index contributed by atoms with van der Waals surface area (Å²) in [6.45, 7) is 7.43. The van der Waals surface area contributed by atoms with Gasteiger partial charge in [0.25, 0.3) is 5.69 Å². The lowest BCUT2D eigenvalue weighted by molar-refractivity contribution is -0.384. The van der Waals surface area contributed by atoms with Crippen LogP contribution in [-0.2, 0) is 14.3 Å². The molecule has 2 aromatic carbocycles. The summed E-state index contributed by atoms with van der Waals surface area (Å²) in [5.74, 6) is -1.63. The molecular weight excluding hydrogens is 885 g/mol. The zero-order chi connectivity index (χ0) is 49.0. The first-order valence-corrected chi connectivity index (χ1v) is 25.6. The summed E-state index contributed by atoms with van der Waals surface area (Å²) < 4.78 is 31.9. The van der Waals surface area contributed by atoms with Gasteiger partial charge < -0.3 is 49.0 Å². The Balaban J connectivity index is 1.36. The summed E-state index contributed by atoms with van der Waals surface area (Å²) >= 11 is 0. The van der Waals surface area contributed by atoms with Crippen molar-refractivity contribution in [2.45, 2.75) is 159 Å². The molecule has 1 unspecified atom stereocenters. The fourth-order valence-electron chi connectivity index (χ4n) is 10.6. The van der Waals surface area contributed by atoms with E-state index in [2.05, 4.69) is 24.9 Å². The molecule has 0 aromatic heterocycles. The van der Waals surface area contributed by atoms with Gasteiger partial charge in [-0.15, -0.1) is 6.58 Å². The van der Waals surface area contributed by atoms with Gasteiger partial charge in [-0.2, -0.15) is 0 Å². The molecule has 1 saturated heterocycles. The molecule has 380 valence electrons. The van der Waals surface area contributed by atoms with Crippen LogP contribution >= 0.6 is 0 Å². The first kappa shape index (κ1) is 53.3. The number of aliphatic hydroxyl groups is 2. The van der Waals surface area contributed by atoms with Crippen LogP contribution in [0.25, 0.3) is 0 Å². The second-order valence-corrected chi connectivity index (χ2v) is 18.9. The molecule has 2 amide bonds. The summed E-state index contributed by atoms with van der Waals surface area (Å²) in [5, 5.41) is 39.1. The van der Waals surface area contributed by atoms with Gasteiger partial charge in [-0.1, -0.05) is 94.9 Å². The highest BCUT2D eigenvalue weighted by Gasteiger charge is 2.65. The summed E-state index contributed by atoms with van der Waals surface area (Å²) in [6.07, 6.45) is 20.8. The lowest BCUT2D eigenvalue weighted by Crippen LogP contribution is -2.69. The van der Waals surface area contributed by atoms with Crippen LogP contribution in [0.1, 0.15) is 147 Å². The molecule has 0 bridgehead atoms.